The molecule has 0 bridgehead atoms. The van der Waals surface area contributed by atoms with Crippen LogP contribution in [0.2, 0.25) is 0 Å². The Balaban J connectivity index is 1.84. The Morgan fingerprint density at radius 3 is 2.64 bits per heavy atom. The highest BCUT2D eigenvalue weighted by Crippen LogP contribution is 2.33. The molecule has 2 aromatic heterocycles. The van der Waals surface area contributed by atoms with Crippen molar-refractivity contribution in [1.29, 1.82) is 0 Å². The Hall–Kier alpha value is -2.34. The van der Waals surface area contributed by atoms with Gasteiger partial charge >= 0.3 is 0 Å². The Morgan fingerprint density at radius 2 is 1.94 bits per heavy atom. The maximum Gasteiger partial charge on any atom is 0.243 e. The van der Waals surface area contributed by atoms with Crippen molar-refractivity contribution < 1.29 is 13.2 Å². The molecule has 3 aromatic rings. The molecule has 2 unspecified atom stereocenters. The van der Waals surface area contributed by atoms with Crippen molar-refractivity contribution in [2.24, 2.45) is 7.05 Å². The van der Waals surface area contributed by atoms with E-state index < -0.39 is 10.0 Å². The number of nitrogens with one attached hydrogen (secondary N) is 1. The van der Waals surface area contributed by atoms with Crippen LogP contribution in [0.25, 0.3) is 22.4 Å². The molecule has 0 aliphatic carbocycles. The van der Waals surface area contributed by atoms with Gasteiger partial charge in [0.25, 0.3) is 0 Å². The number of H-pyrrole nitrogens is 1. The van der Waals surface area contributed by atoms with Crippen molar-refractivity contribution in [3.05, 3.63) is 28.5 Å². The number of rotatable bonds is 7. The first kappa shape index (κ1) is 26.7. The molecule has 0 radical (unpaired) electrons. The average molecular weight is 533 g/mol. The van der Waals surface area contributed by atoms with Crippen molar-refractivity contribution >= 4 is 33.3 Å². The van der Waals surface area contributed by atoms with Crippen LogP contribution in [0.3, 0.4) is 0 Å². The van der Waals surface area contributed by atoms with Crippen LogP contribution in [-0.2, 0) is 23.5 Å². The molecule has 0 spiro atoms. The summed E-state index contributed by atoms with van der Waals surface area (Å²) in [5.74, 6) is 1.02. The number of likely N-dealkylation sites (N-methyl/N-ethyl adjacent to an activating group) is 1. The van der Waals surface area contributed by atoms with E-state index >= 15 is 0 Å². The number of aromatic amines is 1. The number of fused-ring (bicyclic) bond motifs is 1. The first-order valence-electron chi connectivity index (χ1n) is 12.5. The van der Waals surface area contributed by atoms with E-state index in [0.717, 1.165) is 36.0 Å². The fourth-order valence-corrected chi connectivity index (χ4v) is 6.67. The second-order valence-electron chi connectivity index (χ2n) is 9.54. The standard InChI is InChI=1S/C25H36N6O3S2/c1-7-9-20-22-23(30(6)28-20)25(35)27-24(26-22)19-14-18(10-11-21(19)34-8-2)36(32,33)31-13-12-16(3)29(5)17(4)15-31/h10-11,14,16-17H,7-9,12-13,15H2,1-6H3,(H,26,27,35). The molecule has 9 nitrogen and oxygen atoms in total. The van der Waals surface area contributed by atoms with Crippen LogP contribution in [0.15, 0.2) is 23.1 Å². The number of benzene rings is 1. The van der Waals surface area contributed by atoms with Crippen LogP contribution in [0, 0.1) is 4.64 Å². The largest absolute Gasteiger partial charge is 0.493 e. The highest BCUT2D eigenvalue weighted by molar-refractivity contribution is 7.89. The molecule has 1 fully saturated rings. The van der Waals surface area contributed by atoms with E-state index in [1.807, 2.05) is 14.0 Å². The zero-order valence-corrected chi connectivity index (χ0v) is 23.5. The summed E-state index contributed by atoms with van der Waals surface area (Å²) in [6, 6.07) is 5.40. The molecule has 1 aromatic carbocycles. The van der Waals surface area contributed by atoms with Gasteiger partial charge < -0.3 is 9.72 Å². The fraction of sp³-hybridized carbons (Fsp3) is 0.560. The van der Waals surface area contributed by atoms with Crippen molar-refractivity contribution in [2.75, 3.05) is 26.7 Å². The van der Waals surface area contributed by atoms with E-state index in [0.29, 0.717) is 47.5 Å². The molecule has 36 heavy (non-hydrogen) atoms. The van der Waals surface area contributed by atoms with E-state index in [4.69, 9.17) is 17.0 Å². The molecule has 0 saturated carbocycles. The molecule has 1 saturated heterocycles. The first-order chi connectivity index (χ1) is 17.1. The van der Waals surface area contributed by atoms with Gasteiger partial charge in [0, 0.05) is 32.2 Å². The van der Waals surface area contributed by atoms with Crippen molar-refractivity contribution in [3.8, 4) is 17.1 Å². The molecule has 0 amide bonds. The summed E-state index contributed by atoms with van der Waals surface area (Å²) in [6.45, 7) is 9.54. The Morgan fingerprint density at radius 1 is 1.19 bits per heavy atom. The normalized spacial score (nSPS) is 20.1. The fourth-order valence-electron chi connectivity index (χ4n) is 4.78. The first-order valence-corrected chi connectivity index (χ1v) is 14.4. The molecule has 1 aliphatic rings. The molecule has 3 heterocycles. The van der Waals surface area contributed by atoms with Gasteiger partial charge in [-0.1, -0.05) is 25.6 Å². The molecule has 1 N–H and O–H groups in total. The molecular weight excluding hydrogens is 496 g/mol. The second-order valence-corrected chi connectivity index (χ2v) is 11.9. The van der Waals surface area contributed by atoms with E-state index in [2.05, 4.69) is 47.8 Å². The van der Waals surface area contributed by atoms with Gasteiger partial charge in [-0.25, -0.2) is 13.4 Å². The lowest BCUT2D eigenvalue weighted by atomic mass is 10.1. The number of aromatic nitrogens is 4. The lowest BCUT2D eigenvalue weighted by molar-refractivity contribution is 0.203. The maximum atomic E-state index is 13.8. The number of sulfonamides is 1. The number of ether oxygens (including phenoxy) is 1. The van der Waals surface area contributed by atoms with Crippen molar-refractivity contribution in [1.82, 2.24) is 29.0 Å². The van der Waals surface area contributed by atoms with Crippen LogP contribution in [-0.4, -0.2) is 76.2 Å². The van der Waals surface area contributed by atoms with E-state index in [-0.39, 0.29) is 10.9 Å². The third kappa shape index (κ3) is 4.93. The monoisotopic (exact) mass is 532 g/mol. The van der Waals surface area contributed by atoms with E-state index in [1.165, 1.54) is 0 Å². The van der Waals surface area contributed by atoms with Gasteiger partial charge in [-0.05, 0) is 58.9 Å². The molecule has 196 valence electrons. The lowest BCUT2D eigenvalue weighted by Crippen LogP contribution is -2.41. The third-order valence-corrected chi connectivity index (χ3v) is 9.21. The smallest absolute Gasteiger partial charge is 0.243 e. The van der Waals surface area contributed by atoms with Gasteiger partial charge in [-0.3, -0.25) is 9.58 Å². The summed E-state index contributed by atoms with van der Waals surface area (Å²) in [4.78, 5) is 10.5. The minimum atomic E-state index is -3.73. The molecule has 1 aliphatic heterocycles. The summed E-state index contributed by atoms with van der Waals surface area (Å²) in [6.07, 6.45) is 2.50. The zero-order chi connectivity index (χ0) is 26.2. The summed E-state index contributed by atoms with van der Waals surface area (Å²) >= 11 is 5.63. The number of hydrogen-bond acceptors (Lipinski definition) is 7. The van der Waals surface area contributed by atoms with Crippen LogP contribution in [0.5, 0.6) is 5.75 Å². The number of nitrogens with zero attached hydrogens (tertiary/aromatic N) is 5. The summed E-state index contributed by atoms with van der Waals surface area (Å²) in [7, 11) is 0.179. The highest BCUT2D eigenvalue weighted by atomic mass is 32.2. The van der Waals surface area contributed by atoms with Crippen LogP contribution < -0.4 is 4.74 Å². The van der Waals surface area contributed by atoms with Gasteiger partial charge in [0.05, 0.1) is 28.3 Å². The van der Waals surface area contributed by atoms with E-state index in [9.17, 15) is 8.42 Å². The maximum absolute atomic E-state index is 13.8. The Bertz CT molecular complexity index is 1420. The van der Waals surface area contributed by atoms with Gasteiger partial charge in [0.1, 0.15) is 17.1 Å². The summed E-state index contributed by atoms with van der Waals surface area (Å²) in [5, 5.41) is 4.62. The molecular formula is C25H36N6O3S2. The molecule has 2 atom stereocenters. The second kappa shape index (κ2) is 10.6. The Kier molecular flexibility index (Phi) is 7.84. The minimum Gasteiger partial charge on any atom is -0.493 e. The van der Waals surface area contributed by atoms with Gasteiger partial charge in [0.2, 0.25) is 10.0 Å². The lowest BCUT2D eigenvalue weighted by Gasteiger charge is -2.28. The van der Waals surface area contributed by atoms with E-state index in [1.54, 1.807) is 27.2 Å². The van der Waals surface area contributed by atoms with Gasteiger partial charge in [0.15, 0.2) is 4.64 Å². The van der Waals surface area contributed by atoms with Gasteiger partial charge in [-0.15, -0.1) is 0 Å². The predicted molar refractivity (Wildman–Crippen MR) is 144 cm³/mol. The van der Waals surface area contributed by atoms with Crippen LogP contribution >= 0.6 is 12.2 Å². The van der Waals surface area contributed by atoms with Crippen molar-refractivity contribution in [2.45, 2.75) is 63.9 Å². The number of aryl methyl sites for hydroxylation is 2. The van der Waals surface area contributed by atoms with Crippen LogP contribution in [0.1, 0.15) is 46.2 Å². The quantitative estimate of drug-likeness (QED) is 0.457. The van der Waals surface area contributed by atoms with Gasteiger partial charge in [-0.2, -0.15) is 9.40 Å². The summed E-state index contributed by atoms with van der Waals surface area (Å²) < 4.78 is 37.2. The topological polar surface area (TPSA) is 96.3 Å². The highest BCUT2D eigenvalue weighted by Gasteiger charge is 2.32. The summed E-state index contributed by atoms with van der Waals surface area (Å²) in [5.41, 5.74) is 3.05. The Labute approximate surface area is 218 Å². The minimum absolute atomic E-state index is 0.113. The SMILES string of the molecule is CCCc1nn(C)c2c(=S)nc(-c3cc(S(=O)(=O)N4CCC(C)N(C)C(C)C4)ccc3OCC)[nH]c12. The van der Waals surface area contributed by atoms with Crippen LogP contribution in [0.4, 0.5) is 0 Å². The zero-order valence-electron chi connectivity index (χ0n) is 21.9. The molecule has 4 rings (SSSR count). The third-order valence-electron chi connectivity index (χ3n) is 7.06. The predicted octanol–water partition coefficient (Wildman–Crippen LogP) is 4.15. The number of hydrogen-bond donors (Lipinski definition) is 1. The molecule has 11 heteroatoms. The van der Waals surface area contributed by atoms with Crippen molar-refractivity contribution in [3.63, 3.8) is 0 Å². The average Bonchev–Trinajstić information content (AvgIpc) is 3.09.